The molecular weight excluding hydrogens is 501 g/mol. The van der Waals surface area contributed by atoms with Crippen molar-refractivity contribution in [1.82, 2.24) is 9.62 Å². The molecule has 1 saturated heterocycles. The summed E-state index contributed by atoms with van der Waals surface area (Å²) in [5.41, 5.74) is -0.253. The molecule has 2 aromatic rings. The van der Waals surface area contributed by atoms with Crippen molar-refractivity contribution in [1.29, 1.82) is 0 Å². The van der Waals surface area contributed by atoms with Crippen molar-refractivity contribution in [3.8, 4) is 11.1 Å². The maximum atomic E-state index is 15.8. The third-order valence-corrected chi connectivity index (χ3v) is 8.39. The molecular formula is C28H35F3N2O3S. The van der Waals surface area contributed by atoms with Crippen LogP contribution < -0.4 is 4.72 Å². The van der Waals surface area contributed by atoms with Crippen LogP contribution >= 0.6 is 0 Å². The van der Waals surface area contributed by atoms with Gasteiger partial charge in [-0.3, -0.25) is 0 Å². The van der Waals surface area contributed by atoms with Crippen LogP contribution in [0.2, 0.25) is 0 Å². The van der Waals surface area contributed by atoms with Crippen LogP contribution in [0.4, 0.5) is 18.0 Å². The number of piperidine rings is 1. The molecule has 1 aliphatic carbocycles. The number of likely N-dealkylation sites (tertiary alicyclic amines) is 1. The van der Waals surface area contributed by atoms with Crippen molar-refractivity contribution < 1.29 is 26.9 Å². The predicted molar refractivity (Wildman–Crippen MR) is 139 cm³/mol. The first-order valence-corrected chi connectivity index (χ1v) is 13.7. The third-order valence-electron chi connectivity index (χ3n) is 6.79. The van der Waals surface area contributed by atoms with E-state index in [1.807, 2.05) is 20.8 Å². The van der Waals surface area contributed by atoms with E-state index in [4.69, 9.17) is 4.74 Å². The van der Waals surface area contributed by atoms with Gasteiger partial charge in [0.15, 0.2) is 0 Å². The fraction of sp³-hybridized carbons (Fsp3) is 0.536. The standard InChI is InChI=1S/C28H35F3N2O3S/c1-27(2,3)36-26(34)33-15-18-12-22(18)25(32-37(35)28(4,5)6)23(33)13-16-8-7-9-21(24(16)31)17-10-19(29)14-20(30)11-17/h7-11,14,18,22-23,25,32H,12-13,15H2,1-6H3/t18?,22?,23?,25?,37-/m0/s1. The van der Waals surface area contributed by atoms with E-state index in [1.54, 1.807) is 37.8 Å². The van der Waals surface area contributed by atoms with E-state index < -0.39 is 50.9 Å². The van der Waals surface area contributed by atoms with Gasteiger partial charge in [-0.1, -0.05) is 18.2 Å². The lowest BCUT2D eigenvalue weighted by molar-refractivity contribution is 0.00447. The minimum atomic E-state index is -1.41. The van der Waals surface area contributed by atoms with Crippen LogP contribution in [0, 0.1) is 29.3 Å². The number of nitrogens with zero attached hydrogens (tertiary/aromatic N) is 1. The van der Waals surface area contributed by atoms with Gasteiger partial charge in [-0.2, -0.15) is 0 Å². The molecule has 9 heteroatoms. The minimum absolute atomic E-state index is 0.0719. The summed E-state index contributed by atoms with van der Waals surface area (Å²) in [4.78, 5) is 14.9. The van der Waals surface area contributed by atoms with Crippen molar-refractivity contribution >= 4 is 17.1 Å². The van der Waals surface area contributed by atoms with Crippen LogP contribution in [-0.2, 0) is 22.1 Å². The Labute approximate surface area is 219 Å². The van der Waals surface area contributed by atoms with Crippen LogP contribution in [0.15, 0.2) is 36.4 Å². The quantitative estimate of drug-likeness (QED) is 0.511. The first-order valence-electron chi connectivity index (χ1n) is 12.6. The summed E-state index contributed by atoms with van der Waals surface area (Å²) in [6.07, 6.45) is 0.499. The highest BCUT2D eigenvalue weighted by Crippen LogP contribution is 2.48. The second kappa shape index (κ2) is 10.1. The monoisotopic (exact) mass is 536 g/mol. The van der Waals surface area contributed by atoms with Crippen LogP contribution in [-0.4, -0.2) is 44.2 Å². The SMILES string of the molecule is CC(C)(C)OC(=O)N1CC2CC2C(N[S@@](=O)C(C)(C)C)C1Cc1cccc(-c2cc(F)cc(F)c2)c1F. The van der Waals surface area contributed by atoms with Crippen molar-refractivity contribution in [2.45, 2.75) is 76.8 Å². The molecule has 2 fully saturated rings. The first kappa shape index (κ1) is 27.6. The smallest absolute Gasteiger partial charge is 0.410 e. The average Bonchev–Trinajstić information content (AvgIpc) is 3.53. The molecule has 5 nitrogen and oxygen atoms in total. The summed E-state index contributed by atoms with van der Waals surface area (Å²) in [7, 11) is -1.41. The number of hydrogen-bond acceptors (Lipinski definition) is 3. The number of nitrogens with one attached hydrogen (secondary N) is 1. The van der Waals surface area contributed by atoms with Gasteiger partial charge in [-0.15, -0.1) is 0 Å². The number of rotatable bonds is 5. The number of amides is 1. The Morgan fingerprint density at radius 3 is 2.32 bits per heavy atom. The van der Waals surface area contributed by atoms with Crippen molar-refractivity contribution in [2.24, 2.45) is 11.8 Å². The molecule has 0 radical (unpaired) electrons. The van der Waals surface area contributed by atoms with E-state index >= 15 is 4.39 Å². The van der Waals surface area contributed by atoms with Crippen LogP contribution in [0.5, 0.6) is 0 Å². The number of fused-ring (bicyclic) bond motifs is 1. The Morgan fingerprint density at radius 2 is 1.73 bits per heavy atom. The van der Waals surface area contributed by atoms with Crippen LogP contribution in [0.3, 0.4) is 0 Å². The third kappa shape index (κ3) is 6.37. The lowest BCUT2D eigenvalue weighted by Gasteiger charge is -2.42. The molecule has 1 saturated carbocycles. The molecule has 2 aromatic carbocycles. The molecule has 0 aromatic heterocycles. The number of benzene rings is 2. The van der Waals surface area contributed by atoms with Gasteiger partial charge in [0.2, 0.25) is 0 Å². The Kier molecular flexibility index (Phi) is 7.51. The van der Waals surface area contributed by atoms with Crippen molar-refractivity contribution in [2.75, 3.05) is 6.54 Å². The maximum absolute atomic E-state index is 15.8. The molecule has 1 N–H and O–H groups in total. The van der Waals surface area contributed by atoms with Gasteiger partial charge < -0.3 is 9.64 Å². The van der Waals surface area contributed by atoms with Gasteiger partial charge in [0.25, 0.3) is 0 Å². The highest BCUT2D eigenvalue weighted by molar-refractivity contribution is 7.84. The molecule has 1 aliphatic heterocycles. The number of carbonyl (C=O) groups is 1. The van der Waals surface area contributed by atoms with Gasteiger partial charge in [0, 0.05) is 24.2 Å². The van der Waals surface area contributed by atoms with Crippen molar-refractivity contribution in [3.05, 3.63) is 59.4 Å². The topological polar surface area (TPSA) is 58.6 Å². The van der Waals surface area contributed by atoms with E-state index in [-0.39, 0.29) is 35.4 Å². The lowest BCUT2D eigenvalue weighted by Crippen LogP contribution is -2.60. The Balaban J connectivity index is 1.71. The summed E-state index contributed by atoms with van der Waals surface area (Å²) in [6, 6.07) is 6.77. The summed E-state index contributed by atoms with van der Waals surface area (Å²) in [5.74, 6) is -1.73. The number of halogens is 3. The Bertz CT molecular complexity index is 1190. The van der Waals surface area contributed by atoms with Gasteiger partial charge in [-0.25, -0.2) is 26.9 Å². The van der Waals surface area contributed by atoms with E-state index in [0.29, 0.717) is 12.1 Å². The molecule has 0 bridgehead atoms. The van der Waals surface area contributed by atoms with E-state index in [0.717, 1.165) is 24.6 Å². The fourth-order valence-corrected chi connectivity index (χ4v) is 5.85. The summed E-state index contributed by atoms with van der Waals surface area (Å²) in [5, 5.41) is 0. The summed E-state index contributed by atoms with van der Waals surface area (Å²) < 4.78 is 65.0. The molecule has 5 atom stereocenters. The van der Waals surface area contributed by atoms with Gasteiger partial charge in [-0.05, 0) is 89.5 Å². The minimum Gasteiger partial charge on any atom is -0.444 e. The largest absolute Gasteiger partial charge is 0.444 e. The zero-order valence-corrected chi connectivity index (χ0v) is 22.9. The number of carbonyl (C=O) groups excluding carboxylic acids is 1. The summed E-state index contributed by atoms with van der Waals surface area (Å²) >= 11 is 0. The number of hydrogen-bond donors (Lipinski definition) is 1. The van der Waals surface area contributed by atoms with Crippen LogP contribution in [0.1, 0.15) is 53.5 Å². The fourth-order valence-electron chi connectivity index (χ4n) is 4.92. The lowest BCUT2D eigenvalue weighted by atomic mass is 9.90. The zero-order chi connectivity index (χ0) is 27.3. The van der Waals surface area contributed by atoms with Crippen LogP contribution in [0.25, 0.3) is 11.1 Å². The normalized spacial score (nSPS) is 24.4. The van der Waals surface area contributed by atoms with Gasteiger partial charge >= 0.3 is 6.09 Å². The van der Waals surface area contributed by atoms with Gasteiger partial charge in [0.05, 0.1) is 21.8 Å². The molecule has 2 aliphatic rings. The molecule has 4 unspecified atom stereocenters. The van der Waals surface area contributed by atoms with Gasteiger partial charge in [0.1, 0.15) is 23.1 Å². The molecule has 1 amide bonds. The zero-order valence-electron chi connectivity index (χ0n) is 22.1. The number of ether oxygens (including phenoxy) is 1. The predicted octanol–water partition coefficient (Wildman–Crippen LogP) is 5.99. The van der Waals surface area contributed by atoms with E-state index in [9.17, 15) is 17.8 Å². The van der Waals surface area contributed by atoms with E-state index in [2.05, 4.69) is 4.72 Å². The maximum Gasteiger partial charge on any atom is 0.410 e. The average molecular weight is 537 g/mol. The first-order chi connectivity index (χ1) is 17.1. The Morgan fingerprint density at radius 1 is 1.08 bits per heavy atom. The summed E-state index contributed by atoms with van der Waals surface area (Å²) in [6.45, 7) is 11.4. The second-order valence-corrected chi connectivity index (χ2v) is 14.0. The molecule has 202 valence electrons. The molecule has 0 spiro atoms. The molecule has 4 rings (SSSR count). The highest BCUT2D eigenvalue weighted by Gasteiger charge is 2.55. The van der Waals surface area contributed by atoms with E-state index in [1.165, 1.54) is 6.07 Å². The molecule has 37 heavy (non-hydrogen) atoms. The van der Waals surface area contributed by atoms with Crippen molar-refractivity contribution in [3.63, 3.8) is 0 Å². The molecule has 1 heterocycles. The second-order valence-electron chi connectivity index (χ2n) is 12.0. The Hall–Kier alpha value is -2.39. The highest BCUT2D eigenvalue weighted by atomic mass is 32.2.